The zero-order valence-corrected chi connectivity index (χ0v) is 8.33. The Bertz CT molecular complexity index is 303. The molecule has 1 aromatic rings. The molecule has 2 nitrogen and oxygen atoms in total. The summed E-state index contributed by atoms with van der Waals surface area (Å²) < 4.78 is 12.9. The number of halogens is 1. The Hall–Kier alpha value is -0.930. The van der Waals surface area contributed by atoms with Crippen LogP contribution >= 0.6 is 0 Å². The Morgan fingerprint density at radius 2 is 2.21 bits per heavy atom. The van der Waals surface area contributed by atoms with Gasteiger partial charge in [0.25, 0.3) is 0 Å². The quantitative estimate of drug-likeness (QED) is 0.772. The van der Waals surface area contributed by atoms with Crippen molar-refractivity contribution in [3.8, 4) is 0 Å². The highest BCUT2D eigenvalue weighted by atomic mass is 19.1. The fourth-order valence-corrected chi connectivity index (χ4v) is 1.56. The third kappa shape index (κ3) is 2.30. The first-order valence-electron chi connectivity index (χ1n) is 4.81. The molecule has 0 spiro atoms. The predicted molar refractivity (Wildman–Crippen MR) is 54.3 cm³/mol. The van der Waals surface area contributed by atoms with Crippen molar-refractivity contribution in [2.45, 2.75) is 25.4 Å². The largest absolute Gasteiger partial charge is 0.384 e. The number of rotatable bonds is 4. The van der Waals surface area contributed by atoms with Gasteiger partial charge in [0.2, 0.25) is 0 Å². The summed E-state index contributed by atoms with van der Waals surface area (Å²) in [6, 6.07) is 5.97. The second kappa shape index (κ2) is 4.53. The highest BCUT2D eigenvalue weighted by Crippen LogP contribution is 2.25. The normalized spacial score (nSPS) is 15.1. The second-order valence-corrected chi connectivity index (χ2v) is 3.50. The van der Waals surface area contributed by atoms with Crippen molar-refractivity contribution in [2.24, 2.45) is 5.73 Å². The van der Waals surface area contributed by atoms with E-state index in [-0.39, 0.29) is 12.4 Å². The van der Waals surface area contributed by atoms with E-state index in [1.54, 1.807) is 12.1 Å². The van der Waals surface area contributed by atoms with Crippen molar-refractivity contribution in [2.75, 3.05) is 6.54 Å². The van der Waals surface area contributed by atoms with Gasteiger partial charge in [-0.25, -0.2) is 4.39 Å². The molecule has 3 N–H and O–H groups in total. The van der Waals surface area contributed by atoms with Gasteiger partial charge in [0.05, 0.1) is 0 Å². The number of aliphatic hydroxyl groups is 1. The van der Waals surface area contributed by atoms with E-state index in [4.69, 9.17) is 5.73 Å². The minimum atomic E-state index is -1.09. The average Bonchev–Trinajstić information content (AvgIpc) is 2.18. The summed E-state index contributed by atoms with van der Waals surface area (Å²) in [4.78, 5) is 0. The van der Waals surface area contributed by atoms with Crippen LogP contribution in [0, 0.1) is 5.82 Å². The van der Waals surface area contributed by atoms with Crippen molar-refractivity contribution in [1.29, 1.82) is 0 Å². The van der Waals surface area contributed by atoms with Crippen molar-refractivity contribution >= 4 is 0 Å². The molecule has 0 radical (unpaired) electrons. The minimum Gasteiger partial charge on any atom is -0.384 e. The number of nitrogens with two attached hydrogens (primary N) is 1. The van der Waals surface area contributed by atoms with Crippen molar-refractivity contribution in [3.63, 3.8) is 0 Å². The van der Waals surface area contributed by atoms with E-state index in [9.17, 15) is 9.50 Å². The van der Waals surface area contributed by atoms with Crippen LogP contribution < -0.4 is 5.73 Å². The first-order chi connectivity index (χ1) is 6.62. The predicted octanol–water partition coefficient (Wildman–Crippen LogP) is 1.77. The van der Waals surface area contributed by atoms with E-state index >= 15 is 0 Å². The zero-order valence-electron chi connectivity index (χ0n) is 8.33. The topological polar surface area (TPSA) is 46.2 Å². The molecule has 78 valence electrons. The van der Waals surface area contributed by atoms with Crippen LogP contribution in [0.1, 0.15) is 25.3 Å². The fraction of sp³-hybridized carbons (Fsp3) is 0.455. The summed E-state index contributed by atoms with van der Waals surface area (Å²) in [5.41, 5.74) is 4.97. The lowest BCUT2D eigenvalue weighted by atomic mass is 9.89. The van der Waals surface area contributed by atoms with Crippen LogP contribution in [0.5, 0.6) is 0 Å². The molecular weight excluding hydrogens is 181 g/mol. The molecule has 0 aromatic heterocycles. The van der Waals surface area contributed by atoms with Gasteiger partial charge in [-0.3, -0.25) is 0 Å². The fourth-order valence-electron chi connectivity index (χ4n) is 1.56. The van der Waals surface area contributed by atoms with Gasteiger partial charge < -0.3 is 10.8 Å². The van der Waals surface area contributed by atoms with Crippen LogP contribution in [0.4, 0.5) is 4.39 Å². The average molecular weight is 197 g/mol. The number of hydrogen-bond acceptors (Lipinski definition) is 2. The second-order valence-electron chi connectivity index (χ2n) is 3.50. The van der Waals surface area contributed by atoms with Crippen LogP contribution in [-0.4, -0.2) is 11.7 Å². The van der Waals surface area contributed by atoms with Crippen molar-refractivity contribution < 1.29 is 9.50 Å². The van der Waals surface area contributed by atoms with E-state index in [2.05, 4.69) is 0 Å². The molecule has 0 amide bonds. The molecule has 0 saturated heterocycles. The molecule has 1 rings (SSSR count). The summed E-state index contributed by atoms with van der Waals surface area (Å²) in [7, 11) is 0. The Balaban J connectivity index is 2.99. The van der Waals surface area contributed by atoms with Gasteiger partial charge in [-0.15, -0.1) is 0 Å². The van der Waals surface area contributed by atoms with Crippen LogP contribution in [-0.2, 0) is 5.60 Å². The molecule has 1 unspecified atom stereocenters. The van der Waals surface area contributed by atoms with Crippen LogP contribution in [0.15, 0.2) is 24.3 Å². The molecule has 1 aromatic carbocycles. The Morgan fingerprint density at radius 3 is 2.71 bits per heavy atom. The van der Waals surface area contributed by atoms with Gasteiger partial charge in [0, 0.05) is 6.54 Å². The van der Waals surface area contributed by atoms with E-state index in [1.165, 1.54) is 12.1 Å². The lowest BCUT2D eigenvalue weighted by Gasteiger charge is -2.26. The third-order valence-electron chi connectivity index (χ3n) is 2.36. The molecule has 1 atom stereocenters. The molecule has 0 saturated carbocycles. The maximum atomic E-state index is 12.9. The molecule has 0 heterocycles. The van der Waals surface area contributed by atoms with Gasteiger partial charge in [-0.2, -0.15) is 0 Å². The molecular formula is C11H16FNO. The van der Waals surface area contributed by atoms with Gasteiger partial charge in [0.15, 0.2) is 0 Å². The maximum absolute atomic E-state index is 12.9. The van der Waals surface area contributed by atoms with Gasteiger partial charge in [-0.1, -0.05) is 25.5 Å². The molecule has 0 bridgehead atoms. The highest BCUT2D eigenvalue weighted by molar-refractivity contribution is 5.23. The standard InChI is InChI=1S/C11H16FNO/c1-2-6-11(14,8-13)9-4-3-5-10(12)7-9/h3-5,7,14H,2,6,8,13H2,1H3. The highest BCUT2D eigenvalue weighted by Gasteiger charge is 2.26. The van der Waals surface area contributed by atoms with Crippen LogP contribution in [0.3, 0.4) is 0 Å². The summed E-state index contributed by atoms with van der Waals surface area (Å²) in [5.74, 6) is -0.342. The molecule has 0 aliphatic heterocycles. The first-order valence-corrected chi connectivity index (χ1v) is 4.81. The Morgan fingerprint density at radius 1 is 1.50 bits per heavy atom. The molecule has 3 heteroatoms. The monoisotopic (exact) mass is 197 g/mol. The maximum Gasteiger partial charge on any atom is 0.123 e. The van der Waals surface area contributed by atoms with Gasteiger partial charge >= 0.3 is 0 Å². The van der Waals surface area contributed by atoms with Crippen molar-refractivity contribution in [1.82, 2.24) is 0 Å². The summed E-state index contributed by atoms with van der Waals surface area (Å²) in [5, 5.41) is 10.1. The smallest absolute Gasteiger partial charge is 0.123 e. The summed E-state index contributed by atoms with van der Waals surface area (Å²) in [6.07, 6.45) is 1.36. The number of hydrogen-bond donors (Lipinski definition) is 2. The van der Waals surface area contributed by atoms with E-state index in [0.29, 0.717) is 12.0 Å². The van der Waals surface area contributed by atoms with Gasteiger partial charge in [-0.05, 0) is 24.1 Å². The third-order valence-corrected chi connectivity index (χ3v) is 2.36. The van der Waals surface area contributed by atoms with Crippen LogP contribution in [0.25, 0.3) is 0 Å². The summed E-state index contributed by atoms with van der Waals surface area (Å²) >= 11 is 0. The van der Waals surface area contributed by atoms with E-state index in [0.717, 1.165) is 6.42 Å². The minimum absolute atomic E-state index is 0.115. The molecule has 0 aliphatic carbocycles. The van der Waals surface area contributed by atoms with Gasteiger partial charge in [0.1, 0.15) is 11.4 Å². The Labute approximate surface area is 83.6 Å². The van der Waals surface area contributed by atoms with E-state index < -0.39 is 5.60 Å². The summed E-state index contributed by atoms with van der Waals surface area (Å²) in [6.45, 7) is 2.07. The first kappa shape index (κ1) is 11.1. The lowest BCUT2D eigenvalue weighted by molar-refractivity contribution is 0.0356. The molecule has 0 aliphatic rings. The van der Waals surface area contributed by atoms with Crippen molar-refractivity contribution in [3.05, 3.63) is 35.6 Å². The Kier molecular flexibility index (Phi) is 3.61. The SMILES string of the molecule is CCCC(O)(CN)c1cccc(F)c1. The van der Waals surface area contributed by atoms with E-state index in [1.807, 2.05) is 6.92 Å². The lowest BCUT2D eigenvalue weighted by Crippen LogP contribution is -2.34. The zero-order chi connectivity index (χ0) is 10.6. The molecule has 0 fully saturated rings. The molecule has 14 heavy (non-hydrogen) atoms. The van der Waals surface area contributed by atoms with Crippen LogP contribution in [0.2, 0.25) is 0 Å². The number of benzene rings is 1.